The van der Waals surface area contributed by atoms with Crippen molar-refractivity contribution >= 4 is 37.2 Å². The minimum Gasteiger partial charge on any atom is -0.480 e. The third kappa shape index (κ3) is 8.91. The van der Waals surface area contributed by atoms with Gasteiger partial charge in [0.05, 0.1) is 11.9 Å². The molecule has 0 aliphatic heterocycles. The minimum atomic E-state index is -0.858. The molecular formula is C10H20O4S2. The summed E-state index contributed by atoms with van der Waals surface area (Å²) in [7, 11) is 0. The summed E-state index contributed by atoms with van der Waals surface area (Å²) in [5.74, 6) is -1.11. The van der Waals surface area contributed by atoms with Gasteiger partial charge in [-0.15, -0.1) is 0 Å². The summed E-state index contributed by atoms with van der Waals surface area (Å²) in [6, 6.07) is 0. The van der Waals surface area contributed by atoms with Crippen molar-refractivity contribution in [2.24, 2.45) is 0 Å². The van der Waals surface area contributed by atoms with Crippen LogP contribution < -0.4 is 0 Å². The van der Waals surface area contributed by atoms with Crippen LogP contribution in [0.5, 0.6) is 0 Å². The second-order valence-electron chi connectivity index (χ2n) is 3.36. The number of carboxylic acid groups (broad SMARTS) is 1. The van der Waals surface area contributed by atoms with Crippen LogP contribution in [0, 0.1) is 0 Å². The molecule has 2 atom stereocenters. The van der Waals surface area contributed by atoms with Gasteiger partial charge in [-0.3, -0.25) is 9.59 Å². The van der Waals surface area contributed by atoms with Crippen molar-refractivity contribution in [1.82, 2.24) is 0 Å². The van der Waals surface area contributed by atoms with E-state index in [-0.39, 0.29) is 11.2 Å². The average Bonchev–Trinajstić information content (AvgIpc) is 2.18. The third-order valence-corrected chi connectivity index (χ3v) is 2.50. The molecule has 0 saturated carbocycles. The first kappa shape index (κ1) is 18.0. The summed E-state index contributed by atoms with van der Waals surface area (Å²) in [4.78, 5) is 20.6. The van der Waals surface area contributed by atoms with Crippen molar-refractivity contribution in [1.29, 1.82) is 0 Å². The molecule has 0 saturated heterocycles. The van der Waals surface area contributed by atoms with Crippen LogP contribution in [0.1, 0.15) is 34.1 Å². The van der Waals surface area contributed by atoms with Gasteiger partial charge in [-0.05, 0) is 27.2 Å². The zero-order valence-corrected chi connectivity index (χ0v) is 11.8. The molecule has 0 aromatic rings. The number of aliphatic carboxylic acids is 1. The second-order valence-corrected chi connectivity index (χ2v) is 5.12. The highest BCUT2D eigenvalue weighted by Crippen LogP contribution is 2.16. The van der Waals surface area contributed by atoms with Crippen LogP contribution >= 0.6 is 25.3 Å². The highest BCUT2D eigenvalue weighted by atomic mass is 32.1. The molecule has 16 heavy (non-hydrogen) atoms. The van der Waals surface area contributed by atoms with E-state index in [1.165, 1.54) is 0 Å². The van der Waals surface area contributed by atoms with E-state index in [0.29, 0.717) is 13.0 Å². The molecule has 0 aliphatic carbocycles. The molecule has 0 bridgehead atoms. The molecule has 0 aromatic heterocycles. The summed E-state index contributed by atoms with van der Waals surface area (Å²) in [6.45, 7) is 7.26. The number of thiol groups is 2. The van der Waals surface area contributed by atoms with Gasteiger partial charge in [0.1, 0.15) is 4.75 Å². The molecule has 2 unspecified atom stereocenters. The number of carbonyl (C=O) groups is 2. The van der Waals surface area contributed by atoms with Crippen LogP contribution in [0.15, 0.2) is 0 Å². The van der Waals surface area contributed by atoms with Gasteiger partial charge in [0, 0.05) is 0 Å². The molecule has 0 fully saturated rings. The normalized spacial score (nSPS) is 15.1. The van der Waals surface area contributed by atoms with Crippen molar-refractivity contribution < 1.29 is 19.4 Å². The fraction of sp³-hybridized carbons (Fsp3) is 0.800. The highest BCUT2D eigenvalue weighted by Gasteiger charge is 2.25. The van der Waals surface area contributed by atoms with Crippen molar-refractivity contribution in [3.8, 4) is 0 Å². The predicted octanol–water partition coefficient (Wildman–Crippen LogP) is 2.04. The Labute approximate surface area is 108 Å². The predicted molar refractivity (Wildman–Crippen MR) is 70.4 cm³/mol. The Hall–Kier alpha value is -0.360. The molecule has 0 heterocycles. The maximum absolute atomic E-state index is 10.4. The maximum atomic E-state index is 10.4. The first-order valence-electron chi connectivity index (χ1n) is 4.99. The van der Waals surface area contributed by atoms with E-state index in [2.05, 4.69) is 30.0 Å². The summed E-state index contributed by atoms with van der Waals surface area (Å²) in [5, 5.41) is 8.07. The largest absolute Gasteiger partial charge is 0.480 e. The van der Waals surface area contributed by atoms with E-state index in [9.17, 15) is 9.59 Å². The zero-order valence-electron chi connectivity index (χ0n) is 10.1. The average molecular weight is 268 g/mol. The van der Waals surface area contributed by atoms with Crippen molar-refractivity contribution in [3.63, 3.8) is 0 Å². The van der Waals surface area contributed by atoms with Gasteiger partial charge in [0.2, 0.25) is 0 Å². The van der Waals surface area contributed by atoms with E-state index in [1.54, 1.807) is 27.7 Å². The molecule has 0 radical (unpaired) electrons. The van der Waals surface area contributed by atoms with Crippen LogP contribution in [0.25, 0.3) is 0 Å². The smallest absolute Gasteiger partial charge is 0.319 e. The number of ether oxygens (including phenoxy) is 1. The van der Waals surface area contributed by atoms with Gasteiger partial charge in [-0.2, -0.15) is 25.3 Å². The van der Waals surface area contributed by atoms with Crippen molar-refractivity contribution in [3.05, 3.63) is 0 Å². The fourth-order valence-electron chi connectivity index (χ4n) is 0.414. The minimum absolute atomic E-state index is 0.254. The van der Waals surface area contributed by atoms with Crippen LogP contribution in [-0.2, 0) is 14.3 Å². The number of carboxylic acids is 1. The van der Waals surface area contributed by atoms with Crippen LogP contribution in [-0.4, -0.2) is 33.6 Å². The number of rotatable bonds is 4. The number of carbonyl (C=O) groups excluding carboxylic acids is 1. The second kappa shape index (κ2) is 8.75. The van der Waals surface area contributed by atoms with E-state index in [4.69, 9.17) is 5.11 Å². The quantitative estimate of drug-likeness (QED) is 0.539. The molecule has 96 valence electrons. The van der Waals surface area contributed by atoms with E-state index >= 15 is 0 Å². The molecule has 4 nitrogen and oxygen atoms in total. The monoisotopic (exact) mass is 268 g/mol. The zero-order chi connectivity index (χ0) is 13.4. The number of hydrogen-bond acceptors (Lipinski definition) is 5. The van der Waals surface area contributed by atoms with Gasteiger partial charge in [0.15, 0.2) is 0 Å². The first-order chi connectivity index (χ1) is 7.18. The SMILES string of the molecule is CCC(C)(S)C(=O)O.CCOC(=O)C(C)S. The first-order valence-corrected chi connectivity index (χ1v) is 5.95. The Balaban J connectivity index is 0. The Morgan fingerprint density at radius 3 is 1.94 bits per heavy atom. The molecule has 0 amide bonds. The van der Waals surface area contributed by atoms with E-state index in [0.717, 1.165) is 0 Å². The molecule has 6 heteroatoms. The lowest BCUT2D eigenvalue weighted by Gasteiger charge is -2.13. The van der Waals surface area contributed by atoms with Gasteiger partial charge in [-0.25, -0.2) is 0 Å². The Morgan fingerprint density at radius 2 is 1.88 bits per heavy atom. The van der Waals surface area contributed by atoms with Crippen LogP contribution in [0.2, 0.25) is 0 Å². The van der Waals surface area contributed by atoms with Crippen molar-refractivity contribution in [2.45, 2.75) is 44.1 Å². The van der Waals surface area contributed by atoms with Gasteiger partial charge in [0.25, 0.3) is 0 Å². The topological polar surface area (TPSA) is 63.6 Å². The van der Waals surface area contributed by atoms with Gasteiger partial charge >= 0.3 is 11.9 Å². The van der Waals surface area contributed by atoms with Crippen LogP contribution in [0.4, 0.5) is 0 Å². The number of hydrogen-bond donors (Lipinski definition) is 3. The Kier molecular flexibility index (Phi) is 9.86. The summed E-state index contributed by atoms with van der Waals surface area (Å²) in [6.07, 6.45) is 0.547. The van der Waals surface area contributed by atoms with Gasteiger partial charge in [-0.1, -0.05) is 6.92 Å². The van der Waals surface area contributed by atoms with E-state index < -0.39 is 10.7 Å². The molecule has 1 N–H and O–H groups in total. The van der Waals surface area contributed by atoms with Crippen molar-refractivity contribution in [2.75, 3.05) is 6.61 Å². The van der Waals surface area contributed by atoms with Gasteiger partial charge < -0.3 is 9.84 Å². The number of esters is 1. The molecular weight excluding hydrogens is 248 g/mol. The highest BCUT2D eigenvalue weighted by molar-refractivity contribution is 7.82. The summed E-state index contributed by atoms with van der Waals surface area (Å²) in [5.41, 5.74) is 0. The molecule has 0 spiro atoms. The van der Waals surface area contributed by atoms with E-state index in [1.807, 2.05) is 0 Å². The molecule has 0 aromatic carbocycles. The Bertz CT molecular complexity index is 225. The standard InChI is InChI=1S/2C5H10O2S/c1-3-5(2,8)4(6)7;1-3-7-5(6)4(2)8/h8H,3H2,1-2H3,(H,6,7);4,8H,3H2,1-2H3. The fourth-order valence-corrected chi connectivity index (χ4v) is 0.489. The third-order valence-electron chi connectivity index (χ3n) is 1.78. The maximum Gasteiger partial charge on any atom is 0.319 e. The lowest BCUT2D eigenvalue weighted by Crippen LogP contribution is -2.27. The summed E-state index contributed by atoms with van der Waals surface area (Å²) < 4.78 is 3.74. The Morgan fingerprint density at radius 1 is 1.44 bits per heavy atom. The lowest BCUT2D eigenvalue weighted by molar-refractivity contribution is -0.142. The molecule has 0 aliphatic rings. The lowest BCUT2D eigenvalue weighted by atomic mass is 10.1. The molecule has 0 rings (SSSR count). The summed E-state index contributed by atoms with van der Waals surface area (Å²) >= 11 is 7.73. The van der Waals surface area contributed by atoms with Crippen LogP contribution in [0.3, 0.4) is 0 Å².